The Morgan fingerprint density at radius 1 is 1.31 bits per heavy atom. The number of amides is 1. The van der Waals surface area contributed by atoms with Crippen LogP contribution in [0, 0.1) is 0 Å². The maximum absolute atomic E-state index is 11.8. The van der Waals surface area contributed by atoms with Gasteiger partial charge in [-0.1, -0.05) is 18.2 Å². The van der Waals surface area contributed by atoms with E-state index in [2.05, 4.69) is 5.32 Å². The van der Waals surface area contributed by atoms with Crippen molar-refractivity contribution in [3.05, 3.63) is 30.3 Å². The Balaban J connectivity index is 1.91. The number of carbonyl (C=O) groups excluding carboxylic acids is 1. The van der Waals surface area contributed by atoms with E-state index in [4.69, 9.17) is 4.74 Å². The summed E-state index contributed by atoms with van der Waals surface area (Å²) >= 11 is 0. The van der Waals surface area contributed by atoms with Gasteiger partial charge in [-0.2, -0.15) is 0 Å². The van der Waals surface area contributed by atoms with E-state index < -0.39 is 0 Å². The van der Waals surface area contributed by atoms with Crippen molar-refractivity contribution in [1.29, 1.82) is 0 Å². The first-order valence-corrected chi connectivity index (χ1v) is 5.62. The molecular formula is C12H14N2O2. The third kappa shape index (κ3) is 1.46. The second-order valence-electron chi connectivity index (χ2n) is 4.19. The molecule has 0 radical (unpaired) electrons. The average molecular weight is 218 g/mol. The topological polar surface area (TPSA) is 41.6 Å². The van der Waals surface area contributed by atoms with Gasteiger partial charge in [-0.25, -0.2) is 4.79 Å². The van der Waals surface area contributed by atoms with Crippen LogP contribution in [0.4, 0.5) is 10.5 Å². The van der Waals surface area contributed by atoms with E-state index in [0.717, 1.165) is 25.2 Å². The standard InChI is InChI=1S/C12H14N2O2/c15-12-14(9-4-2-1-3-5-9)10-6-7-13-8-11(10)16-12/h1-5,10-11,13H,6-8H2. The second-order valence-corrected chi connectivity index (χ2v) is 4.19. The van der Waals surface area contributed by atoms with Gasteiger partial charge in [-0.15, -0.1) is 0 Å². The van der Waals surface area contributed by atoms with Gasteiger partial charge < -0.3 is 10.1 Å². The Labute approximate surface area is 94.2 Å². The van der Waals surface area contributed by atoms with Crippen LogP contribution in [0.15, 0.2) is 30.3 Å². The highest BCUT2D eigenvalue weighted by atomic mass is 16.6. The lowest BCUT2D eigenvalue weighted by Crippen LogP contribution is -2.47. The molecule has 0 bridgehead atoms. The molecule has 0 saturated carbocycles. The van der Waals surface area contributed by atoms with E-state index in [9.17, 15) is 4.79 Å². The molecule has 2 heterocycles. The number of piperidine rings is 1. The molecule has 3 rings (SSSR count). The summed E-state index contributed by atoms with van der Waals surface area (Å²) in [6, 6.07) is 9.92. The highest BCUT2D eigenvalue weighted by Gasteiger charge is 2.43. The van der Waals surface area contributed by atoms with Crippen LogP contribution in [0.1, 0.15) is 6.42 Å². The number of hydrogen-bond acceptors (Lipinski definition) is 3. The number of fused-ring (bicyclic) bond motifs is 1. The van der Waals surface area contributed by atoms with Crippen molar-refractivity contribution < 1.29 is 9.53 Å². The van der Waals surface area contributed by atoms with Crippen LogP contribution in [-0.4, -0.2) is 31.3 Å². The Morgan fingerprint density at radius 3 is 2.94 bits per heavy atom. The van der Waals surface area contributed by atoms with Crippen LogP contribution >= 0.6 is 0 Å². The SMILES string of the molecule is O=C1OC2CNCCC2N1c1ccccc1. The van der Waals surface area contributed by atoms with Gasteiger partial charge in [0.25, 0.3) is 0 Å². The molecule has 1 amide bonds. The minimum Gasteiger partial charge on any atom is -0.442 e. The third-order valence-corrected chi connectivity index (χ3v) is 3.21. The highest BCUT2D eigenvalue weighted by molar-refractivity contribution is 5.90. The number of anilines is 1. The minimum atomic E-state index is -0.218. The lowest BCUT2D eigenvalue weighted by atomic mass is 10.0. The van der Waals surface area contributed by atoms with Crippen molar-refractivity contribution >= 4 is 11.8 Å². The van der Waals surface area contributed by atoms with E-state index in [1.54, 1.807) is 4.90 Å². The van der Waals surface area contributed by atoms with Crippen molar-refractivity contribution in [2.45, 2.75) is 18.6 Å². The van der Waals surface area contributed by atoms with Crippen LogP contribution in [0.2, 0.25) is 0 Å². The van der Waals surface area contributed by atoms with E-state index in [0.29, 0.717) is 0 Å². The molecule has 0 spiro atoms. The normalized spacial score (nSPS) is 28.8. The zero-order valence-electron chi connectivity index (χ0n) is 8.93. The first-order chi connectivity index (χ1) is 7.86. The molecule has 1 aromatic carbocycles. The van der Waals surface area contributed by atoms with Gasteiger partial charge in [0.05, 0.1) is 6.04 Å². The molecule has 0 aliphatic carbocycles. The molecule has 2 fully saturated rings. The van der Waals surface area contributed by atoms with Crippen molar-refractivity contribution in [1.82, 2.24) is 5.32 Å². The molecule has 2 atom stereocenters. The number of nitrogens with one attached hydrogen (secondary N) is 1. The lowest BCUT2D eigenvalue weighted by molar-refractivity contribution is 0.121. The van der Waals surface area contributed by atoms with Crippen molar-refractivity contribution in [2.75, 3.05) is 18.0 Å². The molecule has 84 valence electrons. The predicted octanol–water partition coefficient (Wildman–Crippen LogP) is 1.37. The first kappa shape index (κ1) is 9.66. The number of nitrogens with zero attached hydrogens (tertiary/aromatic N) is 1. The average Bonchev–Trinajstić information content (AvgIpc) is 2.66. The van der Waals surface area contributed by atoms with Gasteiger partial charge in [-0.3, -0.25) is 4.90 Å². The van der Waals surface area contributed by atoms with Crippen molar-refractivity contribution in [3.8, 4) is 0 Å². The molecule has 2 aliphatic heterocycles. The molecule has 1 N–H and O–H groups in total. The fourth-order valence-corrected chi connectivity index (χ4v) is 2.44. The zero-order chi connectivity index (χ0) is 11.0. The molecular weight excluding hydrogens is 204 g/mol. The summed E-state index contributed by atoms with van der Waals surface area (Å²) < 4.78 is 5.36. The van der Waals surface area contributed by atoms with Gasteiger partial charge in [0, 0.05) is 12.2 Å². The fourth-order valence-electron chi connectivity index (χ4n) is 2.44. The van der Waals surface area contributed by atoms with Crippen molar-refractivity contribution in [3.63, 3.8) is 0 Å². The zero-order valence-corrected chi connectivity index (χ0v) is 8.93. The Bertz CT molecular complexity index is 393. The number of para-hydroxylation sites is 1. The summed E-state index contributed by atoms with van der Waals surface area (Å²) in [6.45, 7) is 1.71. The Morgan fingerprint density at radius 2 is 2.12 bits per heavy atom. The molecule has 2 aliphatic rings. The van der Waals surface area contributed by atoms with Gasteiger partial charge in [0.2, 0.25) is 0 Å². The number of carbonyl (C=O) groups is 1. The van der Waals surface area contributed by atoms with Gasteiger partial charge >= 0.3 is 6.09 Å². The number of ether oxygens (including phenoxy) is 1. The van der Waals surface area contributed by atoms with Gasteiger partial charge in [0.15, 0.2) is 0 Å². The summed E-state index contributed by atoms with van der Waals surface area (Å²) in [4.78, 5) is 13.6. The van der Waals surface area contributed by atoms with Gasteiger partial charge in [0.1, 0.15) is 6.10 Å². The van der Waals surface area contributed by atoms with Gasteiger partial charge in [-0.05, 0) is 25.1 Å². The highest BCUT2D eigenvalue weighted by Crippen LogP contribution is 2.29. The summed E-state index contributed by atoms with van der Waals surface area (Å²) in [5, 5.41) is 3.24. The molecule has 2 unspecified atom stereocenters. The summed E-state index contributed by atoms with van der Waals surface area (Å²) in [5.41, 5.74) is 0.932. The minimum absolute atomic E-state index is 0.00135. The van der Waals surface area contributed by atoms with Crippen LogP contribution < -0.4 is 10.2 Å². The Kier molecular flexibility index (Phi) is 2.29. The molecule has 4 heteroatoms. The summed E-state index contributed by atoms with van der Waals surface area (Å²) in [5.74, 6) is 0. The Hall–Kier alpha value is -1.55. The van der Waals surface area contributed by atoms with E-state index in [-0.39, 0.29) is 18.2 Å². The van der Waals surface area contributed by atoms with E-state index >= 15 is 0 Å². The lowest BCUT2D eigenvalue weighted by Gasteiger charge is -2.28. The summed E-state index contributed by atoms with van der Waals surface area (Å²) in [7, 11) is 0. The predicted molar refractivity (Wildman–Crippen MR) is 60.5 cm³/mol. The number of rotatable bonds is 1. The van der Waals surface area contributed by atoms with Crippen LogP contribution in [0.3, 0.4) is 0 Å². The van der Waals surface area contributed by atoms with Crippen LogP contribution in [-0.2, 0) is 4.74 Å². The molecule has 16 heavy (non-hydrogen) atoms. The first-order valence-electron chi connectivity index (χ1n) is 5.62. The third-order valence-electron chi connectivity index (χ3n) is 3.21. The largest absolute Gasteiger partial charge is 0.442 e. The van der Waals surface area contributed by atoms with Crippen LogP contribution in [0.25, 0.3) is 0 Å². The number of hydrogen-bond donors (Lipinski definition) is 1. The van der Waals surface area contributed by atoms with E-state index in [1.807, 2.05) is 30.3 Å². The number of benzene rings is 1. The summed E-state index contributed by atoms with van der Waals surface area (Å²) in [6.07, 6.45) is 0.733. The smallest absolute Gasteiger partial charge is 0.415 e. The molecule has 4 nitrogen and oxygen atoms in total. The fraction of sp³-hybridized carbons (Fsp3) is 0.417. The van der Waals surface area contributed by atoms with Crippen molar-refractivity contribution in [2.24, 2.45) is 0 Å². The molecule has 2 saturated heterocycles. The monoisotopic (exact) mass is 218 g/mol. The second kappa shape index (κ2) is 3.79. The molecule has 0 aromatic heterocycles. The molecule has 1 aromatic rings. The maximum Gasteiger partial charge on any atom is 0.415 e. The van der Waals surface area contributed by atoms with Crippen LogP contribution in [0.5, 0.6) is 0 Å². The maximum atomic E-state index is 11.8. The quantitative estimate of drug-likeness (QED) is 0.774. The van der Waals surface area contributed by atoms with E-state index in [1.165, 1.54) is 0 Å².